The van der Waals surface area contributed by atoms with Crippen molar-refractivity contribution in [2.24, 2.45) is 4.99 Å². The molecule has 1 aromatic heterocycles. The van der Waals surface area contributed by atoms with Crippen molar-refractivity contribution >= 4 is 11.9 Å². The molecule has 0 aromatic carbocycles. The van der Waals surface area contributed by atoms with Gasteiger partial charge in [-0.3, -0.25) is 0 Å². The molecule has 0 aliphatic rings. The Hall–Kier alpha value is -1.65. The Morgan fingerprint density at radius 2 is 2.13 bits per heavy atom. The van der Waals surface area contributed by atoms with Crippen molar-refractivity contribution in [2.45, 2.75) is 33.3 Å². The highest BCUT2D eigenvalue weighted by atomic mass is 16.6. The lowest BCUT2D eigenvalue weighted by molar-refractivity contribution is 0.0603. The lowest BCUT2D eigenvalue weighted by Crippen LogP contribution is -2.23. The van der Waals surface area contributed by atoms with Crippen LogP contribution in [0.4, 0.5) is 4.79 Å². The Morgan fingerprint density at radius 3 is 2.60 bits per heavy atom. The first-order chi connectivity index (χ1) is 6.88. The van der Waals surface area contributed by atoms with Gasteiger partial charge in [-0.1, -0.05) is 0 Å². The van der Waals surface area contributed by atoms with E-state index in [1.165, 1.54) is 4.68 Å². The van der Waals surface area contributed by atoms with E-state index in [2.05, 4.69) is 10.1 Å². The highest BCUT2D eigenvalue weighted by molar-refractivity contribution is 5.91. The minimum Gasteiger partial charge on any atom is -0.442 e. The van der Waals surface area contributed by atoms with Gasteiger partial charge >= 0.3 is 6.09 Å². The summed E-state index contributed by atoms with van der Waals surface area (Å²) in [6.45, 7) is 7.08. The first kappa shape index (κ1) is 11.4. The molecule has 5 heteroatoms. The van der Waals surface area contributed by atoms with Crippen LogP contribution in [0.5, 0.6) is 0 Å². The molecule has 5 nitrogen and oxygen atoms in total. The van der Waals surface area contributed by atoms with Gasteiger partial charge in [-0.15, -0.1) is 0 Å². The largest absolute Gasteiger partial charge is 0.442 e. The number of ether oxygens (including phenoxy) is 1. The highest BCUT2D eigenvalue weighted by Crippen LogP contribution is 2.08. The predicted molar refractivity (Wildman–Crippen MR) is 57.0 cm³/mol. The van der Waals surface area contributed by atoms with Crippen molar-refractivity contribution in [1.82, 2.24) is 9.78 Å². The molecule has 1 aromatic rings. The molecule has 82 valence electrons. The van der Waals surface area contributed by atoms with Gasteiger partial charge in [-0.2, -0.15) is 10.1 Å². The van der Waals surface area contributed by atoms with Crippen molar-refractivity contribution < 1.29 is 9.53 Å². The van der Waals surface area contributed by atoms with Gasteiger partial charge < -0.3 is 4.74 Å². The van der Waals surface area contributed by atoms with E-state index in [1.54, 1.807) is 46.2 Å². The second-order valence-corrected chi connectivity index (χ2v) is 4.09. The molecule has 0 radical (unpaired) electrons. The van der Waals surface area contributed by atoms with E-state index in [0.717, 1.165) is 0 Å². The van der Waals surface area contributed by atoms with E-state index in [-0.39, 0.29) is 0 Å². The first-order valence-electron chi connectivity index (χ1n) is 4.67. The number of carbonyl (C=O) groups excluding carboxylic acids is 1. The quantitative estimate of drug-likeness (QED) is 0.485. The second-order valence-electron chi connectivity index (χ2n) is 4.09. The molecule has 0 bridgehead atoms. The maximum absolute atomic E-state index is 11.3. The van der Waals surface area contributed by atoms with Crippen LogP contribution in [0.25, 0.3) is 0 Å². The van der Waals surface area contributed by atoms with Crippen LogP contribution >= 0.6 is 0 Å². The van der Waals surface area contributed by atoms with Crippen molar-refractivity contribution in [2.75, 3.05) is 0 Å². The molecule has 0 fully saturated rings. The molecule has 1 heterocycles. The summed E-state index contributed by atoms with van der Waals surface area (Å²) in [7, 11) is 0. The highest BCUT2D eigenvalue weighted by Gasteiger charge is 2.15. The molecule has 1 rings (SSSR count). The maximum atomic E-state index is 11.3. The second kappa shape index (κ2) is 4.25. The van der Waals surface area contributed by atoms with Gasteiger partial charge in [0.15, 0.2) is 0 Å². The third kappa shape index (κ3) is 3.93. The average molecular weight is 209 g/mol. The number of nitrogens with zero attached hydrogens (tertiary/aromatic N) is 3. The Morgan fingerprint density at radius 1 is 1.47 bits per heavy atom. The average Bonchev–Trinajstić information content (AvgIpc) is 2.50. The summed E-state index contributed by atoms with van der Waals surface area (Å²) in [5, 5.41) is 3.94. The summed E-state index contributed by atoms with van der Waals surface area (Å²) in [6.07, 6.45) is 2.73. The predicted octanol–water partition coefficient (Wildman–Crippen LogP) is 2.08. The minimum atomic E-state index is -0.601. The van der Waals surface area contributed by atoms with E-state index in [4.69, 9.17) is 4.74 Å². The number of carbonyl (C=O) groups is 1. The van der Waals surface area contributed by atoms with Crippen molar-refractivity contribution in [3.05, 3.63) is 18.5 Å². The van der Waals surface area contributed by atoms with Gasteiger partial charge in [0.25, 0.3) is 0 Å². The van der Waals surface area contributed by atoms with Crippen LogP contribution in [0.3, 0.4) is 0 Å². The normalized spacial score (nSPS) is 12.7. The van der Waals surface area contributed by atoms with Gasteiger partial charge in [-0.05, 0) is 33.8 Å². The van der Waals surface area contributed by atoms with E-state index in [1.807, 2.05) is 0 Å². The molecule has 0 atom stereocenters. The monoisotopic (exact) mass is 209 g/mol. The fraction of sp³-hybridized carbons (Fsp3) is 0.500. The van der Waals surface area contributed by atoms with Crippen LogP contribution in [-0.2, 0) is 4.74 Å². The van der Waals surface area contributed by atoms with E-state index in [0.29, 0.717) is 5.84 Å². The maximum Gasteiger partial charge on any atom is 0.435 e. The number of hydrogen-bond acceptors (Lipinski definition) is 3. The zero-order chi connectivity index (χ0) is 11.5. The third-order valence-corrected chi connectivity index (χ3v) is 1.48. The minimum absolute atomic E-state index is 0.481. The summed E-state index contributed by atoms with van der Waals surface area (Å²) in [4.78, 5) is 15.1. The van der Waals surface area contributed by atoms with Gasteiger partial charge in [-0.25, -0.2) is 9.48 Å². The van der Waals surface area contributed by atoms with Crippen LogP contribution in [0.15, 0.2) is 23.5 Å². The molecule has 0 unspecified atom stereocenters. The van der Waals surface area contributed by atoms with E-state index >= 15 is 0 Å². The van der Waals surface area contributed by atoms with Crippen LogP contribution in [-0.4, -0.2) is 27.3 Å². The number of hydrogen-bond donors (Lipinski definition) is 0. The third-order valence-electron chi connectivity index (χ3n) is 1.48. The number of aliphatic imine (C=N–C) groups is 1. The van der Waals surface area contributed by atoms with Gasteiger partial charge in [0.1, 0.15) is 11.4 Å². The van der Waals surface area contributed by atoms with Gasteiger partial charge in [0, 0.05) is 12.4 Å². The SMILES string of the molecule is CC(=NC(=O)OC(C)(C)C)n1cccn1. The summed E-state index contributed by atoms with van der Waals surface area (Å²) in [5.41, 5.74) is -0.523. The summed E-state index contributed by atoms with van der Waals surface area (Å²) in [6, 6.07) is 1.76. The lowest BCUT2D eigenvalue weighted by Gasteiger charge is -2.17. The fourth-order valence-electron chi connectivity index (χ4n) is 0.928. The molecule has 0 spiro atoms. The first-order valence-corrected chi connectivity index (χ1v) is 4.67. The molecule has 0 N–H and O–H groups in total. The molecular formula is C10H15N3O2. The zero-order valence-electron chi connectivity index (χ0n) is 9.39. The Labute approximate surface area is 88.8 Å². The summed E-state index contributed by atoms with van der Waals surface area (Å²) >= 11 is 0. The topological polar surface area (TPSA) is 56.5 Å². The Kier molecular flexibility index (Phi) is 3.24. The van der Waals surface area contributed by atoms with Crippen LogP contribution in [0.1, 0.15) is 27.7 Å². The fourth-order valence-corrected chi connectivity index (χ4v) is 0.928. The molecule has 0 aliphatic carbocycles. The number of aromatic nitrogens is 2. The molecule has 0 saturated carbocycles. The van der Waals surface area contributed by atoms with Crippen LogP contribution < -0.4 is 0 Å². The van der Waals surface area contributed by atoms with Crippen LogP contribution in [0, 0.1) is 0 Å². The summed E-state index contributed by atoms with van der Waals surface area (Å²) < 4.78 is 6.54. The van der Waals surface area contributed by atoms with E-state index < -0.39 is 11.7 Å². The number of rotatable bonds is 0. The molecular weight excluding hydrogens is 194 g/mol. The zero-order valence-corrected chi connectivity index (χ0v) is 9.39. The van der Waals surface area contributed by atoms with Crippen LogP contribution in [0.2, 0.25) is 0 Å². The summed E-state index contributed by atoms with van der Waals surface area (Å²) in [5.74, 6) is 0.481. The molecule has 15 heavy (non-hydrogen) atoms. The lowest BCUT2D eigenvalue weighted by atomic mass is 10.2. The Balaban J connectivity index is 2.68. The van der Waals surface area contributed by atoms with E-state index in [9.17, 15) is 4.79 Å². The standard InChI is InChI=1S/C10H15N3O2/c1-8(13-7-5-6-11-13)12-9(14)15-10(2,3)4/h5-7H,1-4H3. The molecule has 0 saturated heterocycles. The smallest absolute Gasteiger partial charge is 0.435 e. The van der Waals surface area contributed by atoms with Crippen molar-refractivity contribution in [3.8, 4) is 0 Å². The van der Waals surface area contributed by atoms with Crippen molar-refractivity contribution in [3.63, 3.8) is 0 Å². The molecule has 0 aliphatic heterocycles. The van der Waals surface area contributed by atoms with Gasteiger partial charge in [0.05, 0.1) is 0 Å². The molecule has 1 amide bonds. The Bertz CT molecular complexity index is 361. The number of amides is 1. The van der Waals surface area contributed by atoms with Gasteiger partial charge in [0.2, 0.25) is 0 Å². The van der Waals surface area contributed by atoms with Crippen molar-refractivity contribution in [1.29, 1.82) is 0 Å².